The molecule has 2 saturated carbocycles. The number of carboxylic acid groups (broad SMARTS) is 1. The lowest BCUT2D eigenvalue weighted by atomic mass is 9.45. The van der Waals surface area contributed by atoms with Crippen molar-refractivity contribution in [1.82, 2.24) is 0 Å². The van der Waals surface area contributed by atoms with Gasteiger partial charge in [0, 0.05) is 5.92 Å². The molecule has 0 amide bonds. The highest BCUT2D eigenvalue weighted by molar-refractivity contribution is 6.10. The predicted molar refractivity (Wildman–Crippen MR) is 89.9 cm³/mol. The fourth-order valence-electron chi connectivity index (χ4n) is 6.46. The average molecular weight is 360 g/mol. The van der Waals surface area contributed by atoms with Crippen LogP contribution < -0.4 is 0 Å². The van der Waals surface area contributed by atoms with Gasteiger partial charge in [0.2, 0.25) is 0 Å². The van der Waals surface area contributed by atoms with Gasteiger partial charge in [-0.15, -0.1) is 0 Å². The molecule has 4 rings (SSSR count). The van der Waals surface area contributed by atoms with Gasteiger partial charge < -0.3 is 9.84 Å². The second kappa shape index (κ2) is 5.05. The molecule has 2 bridgehead atoms. The zero-order valence-corrected chi connectivity index (χ0v) is 15.3. The first-order valence-corrected chi connectivity index (χ1v) is 9.27. The van der Waals surface area contributed by atoms with Crippen LogP contribution in [0.5, 0.6) is 0 Å². The molecule has 1 aliphatic heterocycles. The molecular formula is C20H24O6. The quantitative estimate of drug-likeness (QED) is 0.567. The molecule has 2 spiro atoms. The maximum atomic E-state index is 13.1. The molecule has 140 valence electrons. The van der Waals surface area contributed by atoms with Gasteiger partial charge in [0.1, 0.15) is 12.0 Å². The SMILES string of the molecule is C[C@@H]1C(=O)[C@]23C[C@H]1CC[C@H]2[C@]1(COC3=O)C(=O)C=CC(C)(C)[C@H]1C(=O)O. The summed E-state index contributed by atoms with van der Waals surface area (Å²) < 4.78 is 5.45. The molecule has 6 heteroatoms. The number of allylic oxidation sites excluding steroid dienone is 2. The lowest BCUT2D eigenvalue weighted by molar-refractivity contribution is -0.207. The van der Waals surface area contributed by atoms with Gasteiger partial charge in [0.15, 0.2) is 11.6 Å². The van der Waals surface area contributed by atoms with Crippen molar-refractivity contribution in [2.24, 2.45) is 39.9 Å². The summed E-state index contributed by atoms with van der Waals surface area (Å²) in [5.41, 5.74) is -3.51. The topological polar surface area (TPSA) is 97.7 Å². The minimum atomic E-state index is -1.37. The Morgan fingerprint density at radius 3 is 2.58 bits per heavy atom. The second-order valence-corrected chi connectivity index (χ2v) is 9.13. The fraction of sp³-hybridized carbons (Fsp3) is 0.700. The van der Waals surface area contributed by atoms with Crippen molar-refractivity contribution in [2.45, 2.75) is 40.0 Å². The number of esters is 1. The number of aliphatic carboxylic acids is 1. The van der Waals surface area contributed by atoms with Crippen LogP contribution >= 0.6 is 0 Å². The van der Waals surface area contributed by atoms with E-state index in [1.807, 2.05) is 6.92 Å². The van der Waals surface area contributed by atoms with Crippen LogP contribution in [0.1, 0.15) is 40.0 Å². The van der Waals surface area contributed by atoms with E-state index in [2.05, 4.69) is 0 Å². The number of hydrogen-bond acceptors (Lipinski definition) is 5. The van der Waals surface area contributed by atoms with Gasteiger partial charge in [-0.1, -0.05) is 26.8 Å². The first-order valence-electron chi connectivity index (χ1n) is 9.27. The summed E-state index contributed by atoms with van der Waals surface area (Å²) in [7, 11) is 0. The van der Waals surface area contributed by atoms with E-state index in [1.165, 1.54) is 6.08 Å². The van der Waals surface area contributed by atoms with Crippen LogP contribution in [0.2, 0.25) is 0 Å². The van der Waals surface area contributed by atoms with Crippen molar-refractivity contribution in [3.05, 3.63) is 12.2 Å². The fourth-order valence-corrected chi connectivity index (χ4v) is 6.46. The van der Waals surface area contributed by atoms with E-state index in [4.69, 9.17) is 4.74 Å². The third-order valence-corrected chi connectivity index (χ3v) is 7.62. The highest BCUT2D eigenvalue weighted by Crippen LogP contribution is 2.66. The largest absolute Gasteiger partial charge is 0.481 e. The van der Waals surface area contributed by atoms with Crippen LogP contribution in [0.3, 0.4) is 0 Å². The summed E-state index contributed by atoms with van der Waals surface area (Å²) in [5, 5.41) is 10.0. The third-order valence-electron chi connectivity index (χ3n) is 7.62. The molecule has 0 aromatic heterocycles. The van der Waals surface area contributed by atoms with Crippen LogP contribution in [0.15, 0.2) is 12.2 Å². The van der Waals surface area contributed by atoms with Crippen LogP contribution in [0.4, 0.5) is 0 Å². The Morgan fingerprint density at radius 2 is 1.92 bits per heavy atom. The molecule has 0 aromatic rings. The number of ketones is 2. The number of hydrogen-bond donors (Lipinski definition) is 1. The molecule has 6 nitrogen and oxygen atoms in total. The van der Waals surface area contributed by atoms with Crippen molar-refractivity contribution in [3.8, 4) is 0 Å². The van der Waals surface area contributed by atoms with E-state index >= 15 is 0 Å². The smallest absolute Gasteiger partial charge is 0.320 e. The number of rotatable bonds is 1. The molecule has 4 aliphatic rings. The summed E-state index contributed by atoms with van der Waals surface area (Å²) in [4.78, 5) is 51.4. The van der Waals surface area contributed by atoms with Crippen LogP contribution in [-0.4, -0.2) is 35.2 Å². The Hall–Kier alpha value is -1.98. The Labute approximate surface area is 152 Å². The summed E-state index contributed by atoms with van der Waals surface area (Å²) in [5.74, 6) is -3.94. The summed E-state index contributed by atoms with van der Waals surface area (Å²) in [6.45, 7) is 5.14. The Balaban J connectivity index is 1.95. The number of fused-ring (bicyclic) bond motifs is 2. The number of carbonyl (C=O) groups excluding carboxylic acids is 3. The van der Waals surface area contributed by atoms with E-state index in [9.17, 15) is 24.3 Å². The van der Waals surface area contributed by atoms with E-state index < -0.39 is 40.0 Å². The monoisotopic (exact) mass is 360 g/mol. The summed E-state index contributed by atoms with van der Waals surface area (Å²) in [6, 6.07) is 0. The Kier molecular flexibility index (Phi) is 3.39. The molecule has 0 unspecified atom stereocenters. The van der Waals surface area contributed by atoms with Crippen molar-refractivity contribution in [2.75, 3.05) is 6.61 Å². The van der Waals surface area contributed by atoms with Crippen LogP contribution in [0, 0.1) is 39.9 Å². The highest BCUT2D eigenvalue weighted by Gasteiger charge is 2.75. The first kappa shape index (κ1) is 17.4. The Morgan fingerprint density at radius 1 is 1.23 bits per heavy atom. The van der Waals surface area contributed by atoms with Gasteiger partial charge >= 0.3 is 11.9 Å². The zero-order valence-electron chi connectivity index (χ0n) is 15.3. The van der Waals surface area contributed by atoms with Crippen molar-refractivity contribution < 1.29 is 29.0 Å². The van der Waals surface area contributed by atoms with E-state index in [1.54, 1.807) is 19.9 Å². The number of ether oxygens (including phenoxy) is 1. The predicted octanol–water partition coefficient (Wildman–Crippen LogP) is 2.02. The number of Topliss-reactive ketones (excluding diaryl/α,β-unsaturated/α-hetero) is 1. The van der Waals surface area contributed by atoms with Gasteiger partial charge in [-0.2, -0.15) is 0 Å². The maximum absolute atomic E-state index is 13.1. The summed E-state index contributed by atoms with van der Waals surface area (Å²) >= 11 is 0. The number of cyclic esters (lactones) is 1. The molecule has 0 aromatic carbocycles. The van der Waals surface area contributed by atoms with Crippen LogP contribution in [0.25, 0.3) is 0 Å². The normalized spacial score (nSPS) is 46.2. The van der Waals surface area contributed by atoms with Crippen molar-refractivity contribution in [3.63, 3.8) is 0 Å². The minimum Gasteiger partial charge on any atom is -0.481 e. The molecule has 3 fully saturated rings. The van der Waals surface area contributed by atoms with Crippen molar-refractivity contribution in [1.29, 1.82) is 0 Å². The number of carbonyl (C=O) groups is 4. The minimum absolute atomic E-state index is 0.104. The lowest BCUT2D eigenvalue weighted by Crippen LogP contribution is -2.67. The lowest BCUT2D eigenvalue weighted by Gasteiger charge is -2.57. The van der Waals surface area contributed by atoms with Gasteiger partial charge in [-0.3, -0.25) is 19.2 Å². The second-order valence-electron chi connectivity index (χ2n) is 9.13. The summed E-state index contributed by atoms with van der Waals surface area (Å²) in [6.07, 6.45) is 4.68. The molecule has 1 heterocycles. The number of carboxylic acids is 1. The third kappa shape index (κ3) is 1.78. The van der Waals surface area contributed by atoms with E-state index in [0.717, 1.165) is 6.42 Å². The van der Waals surface area contributed by atoms with Gasteiger partial charge in [-0.05, 0) is 42.6 Å². The molecule has 6 atom stereocenters. The molecule has 1 N–H and O–H groups in total. The van der Waals surface area contributed by atoms with Crippen molar-refractivity contribution >= 4 is 23.5 Å². The first-order chi connectivity index (χ1) is 12.1. The maximum Gasteiger partial charge on any atom is 0.320 e. The van der Waals surface area contributed by atoms with E-state index in [0.29, 0.717) is 12.8 Å². The highest BCUT2D eigenvalue weighted by atomic mass is 16.5. The van der Waals surface area contributed by atoms with Gasteiger partial charge in [-0.25, -0.2) is 0 Å². The average Bonchev–Trinajstić information content (AvgIpc) is 2.76. The van der Waals surface area contributed by atoms with Gasteiger partial charge in [0.05, 0.1) is 11.3 Å². The molecule has 3 aliphatic carbocycles. The molecule has 0 radical (unpaired) electrons. The molecular weight excluding hydrogens is 336 g/mol. The zero-order chi connectivity index (χ0) is 19.1. The Bertz CT molecular complexity index is 764. The molecule has 26 heavy (non-hydrogen) atoms. The van der Waals surface area contributed by atoms with Gasteiger partial charge in [0.25, 0.3) is 0 Å². The van der Waals surface area contributed by atoms with E-state index in [-0.39, 0.29) is 30.0 Å². The van der Waals surface area contributed by atoms with Crippen LogP contribution in [-0.2, 0) is 23.9 Å². The molecule has 1 saturated heterocycles. The standard InChI is InChI=1S/C20H24O6/c1-10-11-4-5-12-19(8-11,15(10)22)17(25)26-9-20(12)13(21)6-7-18(2,3)14(20)16(23)24/h6-7,10-12,14H,4-5,8-9H2,1-3H3,(H,23,24)/t10-,11+,12+,14+,19-,20+/m0/s1.